The minimum Gasteiger partial charge on any atom is -0.494 e. The van der Waals surface area contributed by atoms with Crippen molar-refractivity contribution < 1.29 is 18.9 Å². The highest BCUT2D eigenvalue weighted by molar-refractivity contribution is 5.26. The van der Waals surface area contributed by atoms with Gasteiger partial charge in [0.05, 0.1) is 26.4 Å². The first-order chi connectivity index (χ1) is 18.0. The molecule has 0 N–H and O–H groups in total. The Bertz CT molecular complexity index is 785. The second-order valence-corrected chi connectivity index (χ2v) is 11.4. The van der Waals surface area contributed by atoms with Gasteiger partial charge in [-0.1, -0.05) is 57.2 Å². The molecule has 2 aliphatic rings. The summed E-state index contributed by atoms with van der Waals surface area (Å²) in [5.41, 5.74) is 3.90. The van der Waals surface area contributed by atoms with E-state index in [2.05, 4.69) is 44.3 Å². The molecule has 1 saturated carbocycles. The standard InChI is InChI=1S/C33H52O4/c1-6-7-8-10-27-13-15-29(16-14-27)30-17-19-31(20-18-30)32-23-36-33(37-24-32)12-9-11-28(21-34-5)22-35-26(4)25(2)3/h13-16,28,30-33H,2,4,6-12,17-24H2,1,3,5H3. The van der Waals surface area contributed by atoms with Gasteiger partial charge in [-0.2, -0.15) is 0 Å². The fourth-order valence-corrected chi connectivity index (χ4v) is 5.82. The molecule has 208 valence electrons. The maximum atomic E-state index is 6.17. The second-order valence-electron chi connectivity index (χ2n) is 11.4. The Labute approximate surface area is 226 Å². The summed E-state index contributed by atoms with van der Waals surface area (Å²) in [6, 6.07) is 9.51. The molecule has 1 atom stereocenters. The van der Waals surface area contributed by atoms with Gasteiger partial charge in [-0.25, -0.2) is 0 Å². The summed E-state index contributed by atoms with van der Waals surface area (Å²) in [6.45, 7) is 15.0. The van der Waals surface area contributed by atoms with E-state index in [0.29, 0.717) is 30.8 Å². The smallest absolute Gasteiger partial charge is 0.157 e. The number of ether oxygens (including phenoxy) is 4. The zero-order valence-electron chi connectivity index (χ0n) is 23.8. The van der Waals surface area contributed by atoms with E-state index in [1.165, 1.54) is 62.5 Å². The Kier molecular flexibility index (Phi) is 13.2. The highest BCUT2D eigenvalue weighted by Crippen LogP contribution is 2.40. The van der Waals surface area contributed by atoms with Crippen molar-refractivity contribution in [2.45, 2.75) is 96.7 Å². The van der Waals surface area contributed by atoms with E-state index in [1.807, 2.05) is 6.92 Å². The number of allylic oxidation sites excluding steroid dienone is 1. The third-order valence-corrected chi connectivity index (χ3v) is 8.37. The molecule has 37 heavy (non-hydrogen) atoms. The molecule has 1 unspecified atom stereocenters. The molecule has 0 spiro atoms. The first-order valence-electron chi connectivity index (χ1n) is 14.8. The summed E-state index contributed by atoms with van der Waals surface area (Å²) < 4.78 is 23.5. The summed E-state index contributed by atoms with van der Waals surface area (Å²) in [6.07, 6.45) is 13.2. The first kappa shape index (κ1) is 29.9. The lowest BCUT2D eigenvalue weighted by atomic mass is 9.74. The van der Waals surface area contributed by atoms with Crippen molar-refractivity contribution in [2.24, 2.45) is 17.8 Å². The number of hydrogen-bond donors (Lipinski definition) is 0. The van der Waals surface area contributed by atoms with Crippen LogP contribution in [-0.4, -0.2) is 39.8 Å². The third kappa shape index (κ3) is 10.2. The van der Waals surface area contributed by atoms with E-state index in [-0.39, 0.29) is 6.29 Å². The van der Waals surface area contributed by atoms with Crippen LogP contribution in [0.15, 0.2) is 48.8 Å². The van der Waals surface area contributed by atoms with Crippen LogP contribution < -0.4 is 0 Å². The third-order valence-electron chi connectivity index (χ3n) is 8.37. The Balaban J connectivity index is 1.31. The Hall–Kier alpha value is -1.62. The molecule has 0 aromatic heterocycles. The van der Waals surface area contributed by atoms with Crippen LogP contribution in [-0.2, 0) is 25.4 Å². The van der Waals surface area contributed by atoms with Gasteiger partial charge in [-0.05, 0) is 93.2 Å². The maximum absolute atomic E-state index is 6.17. The second kappa shape index (κ2) is 16.4. The van der Waals surface area contributed by atoms with Crippen LogP contribution in [0.3, 0.4) is 0 Å². The summed E-state index contributed by atoms with van der Waals surface area (Å²) in [7, 11) is 1.74. The van der Waals surface area contributed by atoms with Crippen LogP contribution in [0.1, 0.15) is 95.1 Å². The van der Waals surface area contributed by atoms with Crippen molar-refractivity contribution in [1.82, 2.24) is 0 Å². The molecule has 0 radical (unpaired) electrons. The molecule has 4 nitrogen and oxygen atoms in total. The summed E-state index contributed by atoms with van der Waals surface area (Å²) in [5.74, 6) is 2.99. The maximum Gasteiger partial charge on any atom is 0.157 e. The van der Waals surface area contributed by atoms with E-state index >= 15 is 0 Å². The molecule has 0 amide bonds. The zero-order chi connectivity index (χ0) is 26.5. The van der Waals surface area contributed by atoms with Crippen molar-refractivity contribution >= 4 is 0 Å². The van der Waals surface area contributed by atoms with Gasteiger partial charge in [0.2, 0.25) is 0 Å². The van der Waals surface area contributed by atoms with Gasteiger partial charge >= 0.3 is 0 Å². The first-order valence-corrected chi connectivity index (χ1v) is 14.8. The number of unbranched alkanes of at least 4 members (excludes halogenated alkanes) is 2. The molecule has 1 aliphatic heterocycles. The van der Waals surface area contributed by atoms with Crippen LogP contribution in [0.25, 0.3) is 0 Å². The molecule has 1 aromatic carbocycles. The number of aryl methyl sites for hydroxylation is 1. The highest BCUT2D eigenvalue weighted by Gasteiger charge is 2.32. The highest BCUT2D eigenvalue weighted by atomic mass is 16.7. The van der Waals surface area contributed by atoms with E-state index < -0.39 is 0 Å². The van der Waals surface area contributed by atoms with Crippen LogP contribution in [0, 0.1) is 17.8 Å². The molecule has 1 heterocycles. The van der Waals surface area contributed by atoms with Gasteiger partial charge < -0.3 is 18.9 Å². The van der Waals surface area contributed by atoms with Gasteiger partial charge in [0, 0.05) is 18.9 Å². The summed E-state index contributed by atoms with van der Waals surface area (Å²) >= 11 is 0. The minimum absolute atomic E-state index is 0.0714. The van der Waals surface area contributed by atoms with Crippen LogP contribution >= 0.6 is 0 Å². The average Bonchev–Trinajstić information content (AvgIpc) is 2.92. The number of rotatable bonds is 16. The summed E-state index contributed by atoms with van der Waals surface area (Å²) in [4.78, 5) is 0. The van der Waals surface area contributed by atoms with Crippen LogP contribution in [0.2, 0.25) is 0 Å². The lowest BCUT2D eigenvalue weighted by Gasteiger charge is -2.38. The van der Waals surface area contributed by atoms with Gasteiger partial charge in [0.1, 0.15) is 5.76 Å². The lowest BCUT2D eigenvalue weighted by Crippen LogP contribution is -2.37. The molecular formula is C33H52O4. The fraction of sp³-hybridized carbons (Fsp3) is 0.697. The monoisotopic (exact) mass is 512 g/mol. The number of methoxy groups -OCH3 is 1. The molecule has 1 aliphatic carbocycles. The number of hydrogen-bond acceptors (Lipinski definition) is 4. The van der Waals surface area contributed by atoms with Gasteiger partial charge in [-0.15, -0.1) is 0 Å². The van der Waals surface area contributed by atoms with Crippen molar-refractivity contribution in [3.05, 3.63) is 59.9 Å². The Morgan fingerprint density at radius 1 is 0.946 bits per heavy atom. The van der Waals surface area contributed by atoms with E-state index in [4.69, 9.17) is 18.9 Å². The van der Waals surface area contributed by atoms with Crippen molar-refractivity contribution in [3.63, 3.8) is 0 Å². The largest absolute Gasteiger partial charge is 0.494 e. The predicted octanol–water partition coefficient (Wildman–Crippen LogP) is 8.22. The minimum atomic E-state index is -0.0714. The molecule has 0 bridgehead atoms. The normalized spacial score (nSPS) is 24.9. The molecule has 1 aromatic rings. The summed E-state index contributed by atoms with van der Waals surface area (Å²) in [5, 5.41) is 0. The SMILES string of the molecule is C=C(C)C(=C)OCC(CCCC1OCC(C2CCC(c3ccc(CCCCC)cc3)CC2)CO1)COC. The molecule has 3 rings (SSSR count). The Morgan fingerprint density at radius 2 is 1.65 bits per heavy atom. The molecule has 1 saturated heterocycles. The van der Waals surface area contributed by atoms with Gasteiger partial charge in [0.15, 0.2) is 6.29 Å². The van der Waals surface area contributed by atoms with E-state index in [0.717, 1.165) is 49.9 Å². The zero-order valence-corrected chi connectivity index (χ0v) is 23.8. The van der Waals surface area contributed by atoms with Crippen LogP contribution in [0.4, 0.5) is 0 Å². The van der Waals surface area contributed by atoms with Gasteiger partial charge in [0.25, 0.3) is 0 Å². The predicted molar refractivity (Wildman–Crippen MR) is 153 cm³/mol. The topological polar surface area (TPSA) is 36.9 Å². The lowest BCUT2D eigenvalue weighted by molar-refractivity contribution is -0.212. The molecule has 2 fully saturated rings. The van der Waals surface area contributed by atoms with E-state index in [9.17, 15) is 0 Å². The van der Waals surface area contributed by atoms with E-state index in [1.54, 1.807) is 7.11 Å². The molecular weight excluding hydrogens is 460 g/mol. The van der Waals surface area contributed by atoms with Gasteiger partial charge in [-0.3, -0.25) is 0 Å². The average molecular weight is 513 g/mol. The number of benzene rings is 1. The van der Waals surface area contributed by atoms with Crippen molar-refractivity contribution in [1.29, 1.82) is 0 Å². The fourth-order valence-electron chi connectivity index (χ4n) is 5.82. The Morgan fingerprint density at radius 3 is 2.27 bits per heavy atom. The molecule has 4 heteroatoms. The van der Waals surface area contributed by atoms with Crippen molar-refractivity contribution in [2.75, 3.05) is 33.5 Å². The quantitative estimate of drug-likeness (QED) is 0.127. The van der Waals surface area contributed by atoms with Crippen molar-refractivity contribution in [3.8, 4) is 0 Å². The van der Waals surface area contributed by atoms with Crippen LogP contribution in [0.5, 0.6) is 0 Å².